The maximum Gasteiger partial charge on any atom is 0.335 e. The fourth-order valence-electron chi connectivity index (χ4n) is 1.21. The lowest BCUT2D eigenvalue weighted by Gasteiger charge is -2.27. The van der Waals surface area contributed by atoms with Gasteiger partial charge in [0.05, 0.1) is 11.2 Å². The molecular weight excluding hydrogens is 258 g/mol. The van der Waals surface area contributed by atoms with E-state index in [0.29, 0.717) is 12.1 Å². The van der Waals surface area contributed by atoms with Crippen LogP contribution in [-0.2, 0) is 0 Å². The Kier molecular flexibility index (Phi) is 4.47. The van der Waals surface area contributed by atoms with Gasteiger partial charge in [0.15, 0.2) is 17.4 Å². The Morgan fingerprint density at radius 3 is 2.21 bits per heavy atom. The van der Waals surface area contributed by atoms with Crippen molar-refractivity contribution in [1.82, 2.24) is 0 Å². The van der Waals surface area contributed by atoms with Crippen molar-refractivity contribution in [3.8, 4) is 5.75 Å². The summed E-state index contributed by atoms with van der Waals surface area (Å²) in [5.41, 5.74) is -1.75. The highest BCUT2D eigenvalue weighted by atomic mass is 19.1. The molecule has 1 rings (SSSR count). The fourth-order valence-corrected chi connectivity index (χ4v) is 1.21. The van der Waals surface area contributed by atoms with E-state index in [0.717, 1.165) is 0 Å². The lowest BCUT2D eigenvalue weighted by Crippen LogP contribution is -2.38. The summed E-state index contributed by atoms with van der Waals surface area (Å²) in [6, 6.07) is 1.34. The zero-order valence-electron chi connectivity index (χ0n) is 10.9. The molecule has 6 heteroatoms. The molecule has 0 saturated heterocycles. The largest absolute Gasteiger partial charge is 0.485 e. The highest BCUT2D eigenvalue weighted by Gasteiger charge is 2.27. The first-order chi connectivity index (χ1) is 8.65. The molecule has 0 aliphatic rings. The number of carbonyl (C=O) groups is 1. The maximum atomic E-state index is 13.5. The van der Waals surface area contributed by atoms with E-state index in [2.05, 4.69) is 0 Å². The smallest absolute Gasteiger partial charge is 0.335 e. The fraction of sp³-hybridized carbons (Fsp3) is 0.462. The van der Waals surface area contributed by atoms with E-state index < -0.39 is 34.5 Å². The van der Waals surface area contributed by atoms with Crippen LogP contribution in [0.4, 0.5) is 8.78 Å². The monoisotopic (exact) mass is 274 g/mol. The minimum atomic E-state index is -1.43. The quantitative estimate of drug-likeness (QED) is 0.865. The first kappa shape index (κ1) is 15.4. The summed E-state index contributed by atoms with van der Waals surface area (Å²) in [5, 5.41) is 18.6. The zero-order chi connectivity index (χ0) is 14.8. The second-order valence-corrected chi connectivity index (χ2v) is 4.87. The van der Waals surface area contributed by atoms with Crippen molar-refractivity contribution in [3.63, 3.8) is 0 Å². The zero-order valence-corrected chi connectivity index (χ0v) is 10.9. The van der Waals surface area contributed by atoms with Crippen LogP contribution in [0.25, 0.3) is 0 Å². The molecule has 0 heterocycles. The Hall–Kier alpha value is -1.69. The van der Waals surface area contributed by atoms with Gasteiger partial charge < -0.3 is 14.9 Å². The predicted molar refractivity (Wildman–Crippen MR) is 64.3 cm³/mol. The number of carboxylic acids is 1. The number of hydrogen-bond acceptors (Lipinski definition) is 3. The van der Waals surface area contributed by atoms with Crippen LogP contribution in [0.2, 0.25) is 0 Å². The van der Waals surface area contributed by atoms with Gasteiger partial charge in [-0.25, -0.2) is 13.6 Å². The van der Waals surface area contributed by atoms with Crippen LogP contribution < -0.4 is 4.74 Å². The molecule has 0 bridgehead atoms. The molecule has 1 unspecified atom stereocenters. The number of hydrogen-bond donors (Lipinski definition) is 2. The van der Waals surface area contributed by atoms with E-state index >= 15 is 0 Å². The first-order valence-corrected chi connectivity index (χ1v) is 5.72. The van der Waals surface area contributed by atoms with Gasteiger partial charge in [0, 0.05) is 0 Å². The summed E-state index contributed by atoms with van der Waals surface area (Å²) in [7, 11) is 0. The van der Waals surface area contributed by atoms with Gasteiger partial charge in [0.25, 0.3) is 0 Å². The van der Waals surface area contributed by atoms with E-state index in [1.165, 1.54) is 6.92 Å². The van der Waals surface area contributed by atoms with Gasteiger partial charge in [-0.1, -0.05) is 13.8 Å². The summed E-state index contributed by atoms with van der Waals surface area (Å²) in [4.78, 5) is 10.6. The van der Waals surface area contributed by atoms with Gasteiger partial charge >= 0.3 is 5.97 Å². The molecule has 4 nitrogen and oxygen atoms in total. The highest BCUT2D eigenvalue weighted by Crippen LogP contribution is 2.25. The van der Waals surface area contributed by atoms with Crippen LogP contribution in [-0.4, -0.2) is 28.4 Å². The number of aliphatic hydroxyl groups is 1. The Bertz CT molecular complexity index is 461. The van der Waals surface area contributed by atoms with Crippen molar-refractivity contribution >= 4 is 5.97 Å². The summed E-state index contributed by atoms with van der Waals surface area (Å²) in [6.45, 7) is 4.66. The number of carboxylic acid groups (broad SMARTS) is 1. The number of ether oxygens (including phenoxy) is 1. The van der Waals surface area contributed by atoms with Crippen molar-refractivity contribution in [2.75, 3.05) is 6.61 Å². The number of benzene rings is 1. The Morgan fingerprint density at radius 2 is 1.84 bits per heavy atom. The standard InChI is InChI=1S/C13H16F2O4/c1-7(2)13(3,18)6-19-11-9(14)4-8(12(16)17)5-10(11)15/h4-5,7,18H,6H2,1-3H3,(H,16,17). The van der Waals surface area contributed by atoms with Gasteiger partial charge in [-0.15, -0.1) is 0 Å². The van der Waals surface area contributed by atoms with Crippen molar-refractivity contribution in [2.24, 2.45) is 5.92 Å². The average Bonchev–Trinajstić information content (AvgIpc) is 2.27. The van der Waals surface area contributed by atoms with E-state index in [1.807, 2.05) is 0 Å². The molecule has 0 fully saturated rings. The van der Waals surface area contributed by atoms with E-state index in [-0.39, 0.29) is 12.5 Å². The lowest BCUT2D eigenvalue weighted by molar-refractivity contribution is -0.0284. The predicted octanol–water partition coefficient (Wildman–Crippen LogP) is 2.45. The molecule has 1 atom stereocenters. The molecule has 106 valence electrons. The Morgan fingerprint density at radius 1 is 1.37 bits per heavy atom. The third-order valence-corrected chi connectivity index (χ3v) is 3.00. The summed E-state index contributed by atoms with van der Waals surface area (Å²) >= 11 is 0. The van der Waals surface area contributed by atoms with Gasteiger partial charge in [0.2, 0.25) is 0 Å². The summed E-state index contributed by atoms with van der Waals surface area (Å²) in [5.74, 6) is -4.52. The Labute approximate surface area is 109 Å². The molecule has 1 aromatic rings. The van der Waals surface area contributed by atoms with Gasteiger partial charge in [-0.3, -0.25) is 0 Å². The van der Waals surface area contributed by atoms with Gasteiger partial charge in [-0.05, 0) is 25.0 Å². The van der Waals surface area contributed by atoms with Crippen LogP contribution >= 0.6 is 0 Å². The minimum absolute atomic E-state index is 0.170. The molecule has 1 aromatic carbocycles. The molecule has 0 saturated carbocycles. The van der Waals surface area contributed by atoms with Crippen LogP contribution in [0, 0.1) is 17.6 Å². The first-order valence-electron chi connectivity index (χ1n) is 5.72. The SMILES string of the molecule is CC(C)C(C)(O)COc1c(F)cc(C(=O)O)cc1F. The number of rotatable bonds is 5. The Balaban J connectivity index is 2.94. The van der Waals surface area contributed by atoms with Crippen LogP contribution in [0.15, 0.2) is 12.1 Å². The molecule has 2 N–H and O–H groups in total. The van der Waals surface area contributed by atoms with E-state index in [9.17, 15) is 18.7 Å². The summed E-state index contributed by atoms with van der Waals surface area (Å²) < 4.78 is 32.0. The molecular formula is C13H16F2O4. The van der Waals surface area contributed by atoms with Crippen LogP contribution in [0.5, 0.6) is 5.75 Å². The second-order valence-electron chi connectivity index (χ2n) is 4.87. The average molecular weight is 274 g/mol. The van der Waals surface area contributed by atoms with E-state index in [1.54, 1.807) is 13.8 Å². The van der Waals surface area contributed by atoms with Crippen molar-refractivity contribution < 1.29 is 28.5 Å². The third-order valence-electron chi connectivity index (χ3n) is 3.00. The molecule has 0 amide bonds. The molecule has 0 aliphatic carbocycles. The van der Waals surface area contributed by atoms with Crippen molar-refractivity contribution in [3.05, 3.63) is 29.3 Å². The van der Waals surface area contributed by atoms with Gasteiger partial charge in [0.1, 0.15) is 6.61 Å². The molecule has 0 spiro atoms. The second kappa shape index (κ2) is 5.52. The maximum absolute atomic E-state index is 13.5. The van der Waals surface area contributed by atoms with Crippen molar-refractivity contribution in [1.29, 1.82) is 0 Å². The molecule has 0 aromatic heterocycles. The summed E-state index contributed by atoms with van der Waals surface area (Å²) in [6.07, 6.45) is 0. The van der Waals surface area contributed by atoms with E-state index in [4.69, 9.17) is 9.84 Å². The third kappa shape index (κ3) is 3.64. The highest BCUT2D eigenvalue weighted by molar-refractivity contribution is 5.87. The number of halogens is 2. The number of aromatic carboxylic acids is 1. The molecule has 19 heavy (non-hydrogen) atoms. The normalized spacial score (nSPS) is 14.3. The molecule has 0 aliphatic heterocycles. The topological polar surface area (TPSA) is 66.8 Å². The van der Waals surface area contributed by atoms with Crippen LogP contribution in [0.1, 0.15) is 31.1 Å². The molecule has 0 radical (unpaired) electrons. The van der Waals surface area contributed by atoms with Crippen LogP contribution in [0.3, 0.4) is 0 Å². The van der Waals surface area contributed by atoms with Crippen molar-refractivity contribution in [2.45, 2.75) is 26.4 Å². The van der Waals surface area contributed by atoms with Gasteiger partial charge in [-0.2, -0.15) is 0 Å². The lowest BCUT2D eigenvalue weighted by atomic mass is 9.94. The minimum Gasteiger partial charge on any atom is -0.485 e.